The highest BCUT2D eigenvalue weighted by Crippen LogP contribution is 2.28. The molecule has 26 heavy (non-hydrogen) atoms. The molecule has 132 valence electrons. The lowest BCUT2D eigenvalue weighted by molar-refractivity contribution is 0.0698. The van der Waals surface area contributed by atoms with Gasteiger partial charge in [-0.1, -0.05) is 65.3 Å². The lowest BCUT2D eigenvalue weighted by Gasteiger charge is -2.10. The summed E-state index contributed by atoms with van der Waals surface area (Å²) >= 11 is 13.6. The molecule has 0 saturated carbocycles. The number of rotatable bonds is 6. The number of benzene rings is 2. The summed E-state index contributed by atoms with van der Waals surface area (Å²) < 4.78 is 0. The SMILES string of the molecule is O=C(O)c1ccccc1Nc1cc(Cl)nc(SCc2ccccc2Cl)n1. The van der Waals surface area contributed by atoms with E-state index in [0.29, 0.717) is 27.4 Å². The zero-order valence-electron chi connectivity index (χ0n) is 13.3. The van der Waals surface area contributed by atoms with Gasteiger partial charge in [-0.05, 0) is 23.8 Å². The number of halogens is 2. The lowest BCUT2D eigenvalue weighted by Crippen LogP contribution is -2.04. The second kappa shape index (κ2) is 8.40. The Hall–Kier alpha value is -2.28. The number of hydrogen-bond acceptors (Lipinski definition) is 5. The molecule has 0 aliphatic carbocycles. The second-order valence-corrected chi connectivity index (χ2v) is 6.95. The van der Waals surface area contributed by atoms with Crippen molar-refractivity contribution in [1.29, 1.82) is 0 Å². The van der Waals surface area contributed by atoms with Crippen molar-refractivity contribution in [2.24, 2.45) is 0 Å². The fourth-order valence-corrected chi connectivity index (χ4v) is 3.58. The van der Waals surface area contributed by atoms with Gasteiger partial charge >= 0.3 is 5.97 Å². The third-order valence-electron chi connectivity index (χ3n) is 3.41. The smallest absolute Gasteiger partial charge is 0.337 e. The average Bonchev–Trinajstić information content (AvgIpc) is 2.61. The van der Waals surface area contributed by atoms with Crippen LogP contribution in [0.15, 0.2) is 59.8 Å². The van der Waals surface area contributed by atoms with Crippen LogP contribution in [0.3, 0.4) is 0 Å². The normalized spacial score (nSPS) is 10.5. The van der Waals surface area contributed by atoms with E-state index < -0.39 is 5.97 Å². The number of thioether (sulfide) groups is 1. The number of carboxylic acid groups (broad SMARTS) is 1. The Balaban J connectivity index is 1.80. The summed E-state index contributed by atoms with van der Waals surface area (Å²) in [7, 11) is 0. The van der Waals surface area contributed by atoms with Crippen LogP contribution in [0.5, 0.6) is 0 Å². The van der Waals surface area contributed by atoms with Gasteiger partial charge in [-0.2, -0.15) is 0 Å². The van der Waals surface area contributed by atoms with Crippen molar-refractivity contribution in [3.05, 3.63) is 75.9 Å². The van der Waals surface area contributed by atoms with E-state index in [9.17, 15) is 9.90 Å². The highest BCUT2D eigenvalue weighted by Gasteiger charge is 2.11. The van der Waals surface area contributed by atoms with E-state index in [1.807, 2.05) is 24.3 Å². The Kier molecular flexibility index (Phi) is 5.98. The van der Waals surface area contributed by atoms with Gasteiger partial charge in [-0.15, -0.1) is 0 Å². The number of para-hydroxylation sites is 1. The molecule has 3 rings (SSSR count). The maximum atomic E-state index is 11.3. The molecule has 2 aromatic carbocycles. The van der Waals surface area contributed by atoms with Crippen LogP contribution in [0.2, 0.25) is 10.2 Å². The Morgan fingerprint density at radius 3 is 2.58 bits per heavy atom. The Morgan fingerprint density at radius 1 is 1.08 bits per heavy atom. The van der Waals surface area contributed by atoms with Gasteiger partial charge < -0.3 is 10.4 Å². The molecular formula is C18H13Cl2N3O2S. The quantitative estimate of drug-likeness (QED) is 0.319. The molecule has 0 spiro atoms. The topological polar surface area (TPSA) is 75.1 Å². The molecule has 0 unspecified atom stereocenters. The second-order valence-electron chi connectivity index (χ2n) is 5.21. The predicted octanol–water partition coefficient (Wildman–Crippen LogP) is 5.52. The number of hydrogen-bond donors (Lipinski definition) is 2. The zero-order chi connectivity index (χ0) is 18.5. The van der Waals surface area contributed by atoms with Gasteiger partial charge in [-0.25, -0.2) is 14.8 Å². The average molecular weight is 406 g/mol. The molecule has 8 heteroatoms. The molecule has 2 N–H and O–H groups in total. The van der Waals surface area contributed by atoms with E-state index in [4.69, 9.17) is 23.2 Å². The first kappa shape index (κ1) is 18.5. The minimum atomic E-state index is -1.03. The van der Waals surface area contributed by atoms with Crippen molar-refractivity contribution in [2.45, 2.75) is 10.9 Å². The maximum Gasteiger partial charge on any atom is 0.337 e. The number of aromatic nitrogens is 2. The summed E-state index contributed by atoms with van der Waals surface area (Å²) in [6, 6.07) is 15.7. The molecule has 0 amide bonds. The van der Waals surface area contributed by atoms with Gasteiger partial charge in [0.15, 0.2) is 5.16 Å². The first-order chi connectivity index (χ1) is 12.5. The van der Waals surface area contributed by atoms with Crippen molar-refractivity contribution in [3.63, 3.8) is 0 Å². The van der Waals surface area contributed by atoms with E-state index >= 15 is 0 Å². The molecule has 1 heterocycles. The van der Waals surface area contributed by atoms with Crippen molar-refractivity contribution in [2.75, 3.05) is 5.32 Å². The van der Waals surface area contributed by atoms with Crippen molar-refractivity contribution < 1.29 is 9.90 Å². The summed E-state index contributed by atoms with van der Waals surface area (Å²) in [5.74, 6) is -0.0209. The molecule has 0 saturated heterocycles. The first-order valence-corrected chi connectivity index (χ1v) is 9.27. The van der Waals surface area contributed by atoms with Crippen LogP contribution in [-0.4, -0.2) is 21.0 Å². The fourth-order valence-electron chi connectivity index (χ4n) is 2.20. The first-order valence-electron chi connectivity index (χ1n) is 7.53. The van der Waals surface area contributed by atoms with E-state index in [1.54, 1.807) is 24.3 Å². The maximum absolute atomic E-state index is 11.3. The Morgan fingerprint density at radius 2 is 1.81 bits per heavy atom. The Labute approximate surface area is 164 Å². The number of aromatic carboxylic acids is 1. The van der Waals surface area contributed by atoms with Crippen LogP contribution >= 0.6 is 35.0 Å². The molecular weight excluding hydrogens is 393 g/mol. The minimum Gasteiger partial charge on any atom is -0.478 e. The number of nitrogens with zero attached hydrogens (tertiary/aromatic N) is 2. The standard InChI is InChI=1S/C18H13Cl2N3O2S/c19-13-7-3-1-5-11(13)10-26-18-22-15(20)9-16(23-18)21-14-8-4-2-6-12(14)17(24)25/h1-9H,10H2,(H,24,25)(H,21,22,23). The van der Waals surface area contributed by atoms with Crippen LogP contribution in [0.1, 0.15) is 15.9 Å². The molecule has 5 nitrogen and oxygen atoms in total. The molecule has 0 fully saturated rings. The summed E-state index contributed by atoms with van der Waals surface area (Å²) in [4.78, 5) is 19.9. The summed E-state index contributed by atoms with van der Waals surface area (Å²) in [5, 5.41) is 13.7. The van der Waals surface area contributed by atoms with Gasteiger partial charge in [0.05, 0.1) is 11.3 Å². The van der Waals surface area contributed by atoms with Crippen LogP contribution in [0.25, 0.3) is 0 Å². The van der Waals surface area contributed by atoms with E-state index in [1.165, 1.54) is 17.8 Å². The molecule has 0 aliphatic heterocycles. The fraction of sp³-hybridized carbons (Fsp3) is 0.0556. The Bertz CT molecular complexity index is 953. The van der Waals surface area contributed by atoms with E-state index in [2.05, 4.69) is 15.3 Å². The summed E-state index contributed by atoms with van der Waals surface area (Å²) in [5.41, 5.74) is 1.54. The van der Waals surface area contributed by atoms with Gasteiger partial charge in [0.1, 0.15) is 11.0 Å². The monoisotopic (exact) mass is 405 g/mol. The van der Waals surface area contributed by atoms with Crippen molar-refractivity contribution >= 4 is 52.4 Å². The summed E-state index contributed by atoms with van der Waals surface area (Å²) in [6.07, 6.45) is 0. The minimum absolute atomic E-state index is 0.146. The highest BCUT2D eigenvalue weighted by atomic mass is 35.5. The third kappa shape index (κ3) is 4.66. The summed E-state index contributed by atoms with van der Waals surface area (Å²) in [6.45, 7) is 0. The molecule has 0 bridgehead atoms. The molecule has 0 atom stereocenters. The molecule has 0 aliphatic rings. The van der Waals surface area contributed by atoms with Crippen LogP contribution in [0, 0.1) is 0 Å². The van der Waals surface area contributed by atoms with E-state index in [-0.39, 0.29) is 10.7 Å². The third-order valence-corrected chi connectivity index (χ3v) is 4.87. The number of anilines is 2. The van der Waals surface area contributed by atoms with Crippen LogP contribution < -0.4 is 5.32 Å². The van der Waals surface area contributed by atoms with E-state index in [0.717, 1.165) is 5.56 Å². The van der Waals surface area contributed by atoms with Crippen LogP contribution in [-0.2, 0) is 5.75 Å². The van der Waals surface area contributed by atoms with Gasteiger partial charge in [0.25, 0.3) is 0 Å². The van der Waals surface area contributed by atoms with Crippen molar-refractivity contribution in [1.82, 2.24) is 9.97 Å². The molecule has 0 radical (unpaired) electrons. The van der Waals surface area contributed by atoms with Crippen molar-refractivity contribution in [3.8, 4) is 0 Å². The lowest BCUT2D eigenvalue weighted by atomic mass is 10.2. The van der Waals surface area contributed by atoms with Gasteiger partial charge in [-0.3, -0.25) is 0 Å². The molecule has 3 aromatic rings. The zero-order valence-corrected chi connectivity index (χ0v) is 15.6. The predicted molar refractivity (Wildman–Crippen MR) is 105 cm³/mol. The highest BCUT2D eigenvalue weighted by molar-refractivity contribution is 7.98. The van der Waals surface area contributed by atoms with Crippen LogP contribution in [0.4, 0.5) is 11.5 Å². The number of carbonyl (C=O) groups is 1. The number of nitrogens with one attached hydrogen (secondary N) is 1. The number of carboxylic acids is 1. The largest absolute Gasteiger partial charge is 0.478 e. The van der Waals surface area contributed by atoms with Gasteiger partial charge in [0, 0.05) is 16.8 Å². The van der Waals surface area contributed by atoms with Gasteiger partial charge in [0.2, 0.25) is 0 Å². The molecule has 1 aromatic heterocycles.